The van der Waals surface area contributed by atoms with Crippen LogP contribution in [-0.4, -0.2) is 22.3 Å². The van der Waals surface area contributed by atoms with E-state index >= 15 is 0 Å². The van der Waals surface area contributed by atoms with Gasteiger partial charge in [0.05, 0.1) is 11.5 Å². The minimum Gasteiger partial charge on any atom is -0.481 e. The lowest BCUT2D eigenvalue weighted by atomic mass is 9.62. The van der Waals surface area contributed by atoms with E-state index in [9.17, 15) is 15.0 Å². The van der Waals surface area contributed by atoms with Gasteiger partial charge in [-0.05, 0) is 37.3 Å². The van der Waals surface area contributed by atoms with Gasteiger partial charge in [-0.2, -0.15) is 0 Å². The molecule has 0 amide bonds. The Kier molecular flexibility index (Phi) is 3.44. The van der Waals surface area contributed by atoms with Crippen LogP contribution in [-0.2, 0) is 16.6 Å². The number of carboxylic acid groups (broad SMARTS) is 1. The first kappa shape index (κ1) is 13.1. The molecule has 1 aliphatic rings. The smallest absolute Gasteiger partial charge is 0.314 e. The summed E-state index contributed by atoms with van der Waals surface area (Å²) in [5, 5.41) is 19.6. The van der Waals surface area contributed by atoms with E-state index in [-0.39, 0.29) is 5.92 Å². The maximum atomic E-state index is 11.9. The van der Waals surface area contributed by atoms with Crippen LogP contribution in [0.5, 0.6) is 0 Å². The minimum atomic E-state index is -0.941. The molecule has 2 N–H and O–H groups in total. The van der Waals surface area contributed by atoms with Gasteiger partial charge < -0.3 is 10.2 Å². The largest absolute Gasteiger partial charge is 0.481 e. The average Bonchev–Trinajstić information content (AvgIpc) is 2.36. The van der Waals surface area contributed by atoms with Crippen molar-refractivity contribution < 1.29 is 15.0 Å². The molecule has 0 saturated carbocycles. The summed E-state index contributed by atoms with van der Waals surface area (Å²) < 4.78 is 0. The maximum Gasteiger partial charge on any atom is 0.314 e. The number of carboxylic acids is 1. The van der Waals surface area contributed by atoms with Gasteiger partial charge >= 0.3 is 5.97 Å². The van der Waals surface area contributed by atoms with Gasteiger partial charge in [-0.15, -0.1) is 0 Å². The Hall–Kier alpha value is -1.35. The van der Waals surface area contributed by atoms with E-state index in [2.05, 4.69) is 0 Å². The standard InChI is InChI=1S/C15H20O3/c1-10(11(2)16)15(14(17)18)9-5-7-12-6-3-4-8-13(12)15/h3-4,6,8,10-11,16H,5,7,9H2,1-2H3,(H,17,18). The highest BCUT2D eigenvalue weighted by Gasteiger charge is 2.49. The summed E-state index contributed by atoms with van der Waals surface area (Å²) in [5.74, 6) is -1.11. The number of fused-ring (bicyclic) bond motifs is 1. The highest BCUT2D eigenvalue weighted by atomic mass is 16.4. The number of aliphatic hydroxyl groups excluding tert-OH is 1. The molecule has 3 unspecified atom stereocenters. The number of aryl methyl sites for hydroxylation is 1. The summed E-state index contributed by atoms with van der Waals surface area (Å²) in [6, 6.07) is 7.74. The zero-order chi connectivity index (χ0) is 13.3. The van der Waals surface area contributed by atoms with Gasteiger partial charge in [0.15, 0.2) is 0 Å². The number of benzene rings is 1. The summed E-state index contributed by atoms with van der Waals surface area (Å²) >= 11 is 0. The second-order valence-electron chi connectivity index (χ2n) is 5.32. The third-order valence-corrected chi connectivity index (χ3v) is 4.40. The second-order valence-corrected chi connectivity index (χ2v) is 5.32. The fourth-order valence-electron chi connectivity index (χ4n) is 3.17. The van der Waals surface area contributed by atoms with E-state index in [1.165, 1.54) is 0 Å². The lowest BCUT2D eigenvalue weighted by Gasteiger charge is -2.41. The number of carbonyl (C=O) groups is 1. The van der Waals surface area contributed by atoms with E-state index in [0.717, 1.165) is 24.0 Å². The van der Waals surface area contributed by atoms with Crippen molar-refractivity contribution in [2.45, 2.75) is 44.6 Å². The van der Waals surface area contributed by atoms with Crippen molar-refractivity contribution in [3.63, 3.8) is 0 Å². The Labute approximate surface area is 107 Å². The van der Waals surface area contributed by atoms with Gasteiger partial charge in [0.2, 0.25) is 0 Å². The van der Waals surface area contributed by atoms with Gasteiger partial charge in [0, 0.05) is 5.92 Å². The molecule has 3 atom stereocenters. The molecule has 0 bridgehead atoms. The molecule has 0 saturated heterocycles. The number of hydrogen-bond donors (Lipinski definition) is 2. The predicted molar refractivity (Wildman–Crippen MR) is 69.5 cm³/mol. The zero-order valence-corrected chi connectivity index (χ0v) is 10.9. The van der Waals surface area contributed by atoms with Gasteiger partial charge in [-0.1, -0.05) is 31.2 Å². The van der Waals surface area contributed by atoms with Crippen LogP contribution >= 0.6 is 0 Å². The van der Waals surface area contributed by atoms with E-state index in [0.29, 0.717) is 6.42 Å². The number of aliphatic carboxylic acids is 1. The summed E-state index contributed by atoms with van der Waals surface area (Å²) in [6.45, 7) is 3.51. The Balaban J connectivity index is 2.60. The Bertz CT molecular complexity index is 453. The first-order valence-corrected chi connectivity index (χ1v) is 6.50. The molecule has 18 heavy (non-hydrogen) atoms. The van der Waals surface area contributed by atoms with Crippen molar-refractivity contribution in [1.29, 1.82) is 0 Å². The van der Waals surface area contributed by atoms with Gasteiger partial charge in [-0.25, -0.2) is 0 Å². The molecule has 0 spiro atoms. The molecule has 0 heterocycles. The van der Waals surface area contributed by atoms with Gasteiger partial charge in [0.25, 0.3) is 0 Å². The van der Waals surface area contributed by atoms with Crippen LogP contribution in [0.1, 0.15) is 37.8 Å². The fraction of sp³-hybridized carbons (Fsp3) is 0.533. The van der Waals surface area contributed by atoms with Crippen LogP contribution in [0.3, 0.4) is 0 Å². The topological polar surface area (TPSA) is 57.5 Å². The fourth-order valence-corrected chi connectivity index (χ4v) is 3.17. The van der Waals surface area contributed by atoms with Gasteiger partial charge in [-0.3, -0.25) is 4.79 Å². The molecule has 1 aromatic carbocycles. The molecule has 0 aliphatic heterocycles. The Morgan fingerprint density at radius 3 is 2.61 bits per heavy atom. The van der Waals surface area contributed by atoms with E-state index in [4.69, 9.17) is 0 Å². The van der Waals surface area contributed by atoms with Crippen LogP contribution in [0.2, 0.25) is 0 Å². The third kappa shape index (κ3) is 1.83. The van der Waals surface area contributed by atoms with Crippen molar-refractivity contribution in [3.8, 4) is 0 Å². The van der Waals surface area contributed by atoms with E-state index in [1.807, 2.05) is 31.2 Å². The van der Waals surface area contributed by atoms with Crippen molar-refractivity contribution in [2.24, 2.45) is 5.92 Å². The predicted octanol–water partition coefficient (Wildman–Crippen LogP) is 2.36. The normalized spacial score (nSPS) is 26.2. The average molecular weight is 248 g/mol. The summed E-state index contributed by atoms with van der Waals surface area (Å²) in [6.07, 6.45) is 1.76. The molecule has 3 nitrogen and oxygen atoms in total. The second kappa shape index (κ2) is 4.73. The zero-order valence-electron chi connectivity index (χ0n) is 10.9. The van der Waals surface area contributed by atoms with Crippen molar-refractivity contribution >= 4 is 5.97 Å². The molecule has 3 heteroatoms. The first-order valence-electron chi connectivity index (χ1n) is 6.50. The number of aliphatic hydroxyl groups is 1. The molecule has 0 radical (unpaired) electrons. The maximum absolute atomic E-state index is 11.9. The van der Waals surface area contributed by atoms with E-state index in [1.54, 1.807) is 6.92 Å². The Morgan fingerprint density at radius 2 is 2.00 bits per heavy atom. The van der Waals surface area contributed by atoms with Crippen molar-refractivity contribution in [1.82, 2.24) is 0 Å². The molecule has 2 rings (SSSR count). The highest BCUT2D eigenvalue weighted by molar-refractivity contribution is 5.83. The summed E-state index contributed by atoms with van der Waals surface area (Å²) in [5.41, 5.74) is 1.05. The van der Waals surface area contributed by atoms with Crippen LogP contribution in [0, 0.1) is 5.92 Å². The third-order valence-electron chi connectivity index (χ3n) is 4.40. The SMILES string of the molecule is CC(O)C(C)C1(C(=O)O)CCCc2ccccc21. The quantitative estimate of drug-likeness (QED) is 0.863. The number of hydrogen-bond acceptors (Lipinski definition) is 2. The van der Waals surface area contributed by atoms with Crippen LogP contribution in [0.25, 0.3) is 0 Å². The molecule has 1 aliphatic carbocycles. The molecular formula is C15H20O3. The highest BCUT2D eigenvalue weighted by Crippen LogP contribution is 2.44. The molecule has 98 valence electrons. The minimum absolute atomic E-state index is 0.295. The number of rotatable bonds is 3. The van der Waals surface area contributed by atoms with Crippen molar-refractivity contribution in [3.05, 3.63) is 35.4 Å². The monoisotopic (exact) mass is 248 g/mol. The molecule has 0 aromatic heterocycles. The first-order chi connectivity index (χ1) is 8.50. The van der Waals surface area contributed by atoms with Crippen LogP contribution in [0.15, 0.2) is 24.3 Å². The molecule has 1 aromatic rings. The molecular weight excluding hydrogens is 228 g/mol. The Morgan fingerprint density at radius 1 is 1.33 bits per heavy atom. The van der Waals surface area contributed by atoms with Crippen LogP contribution in [0.4, 0.5) is 0 Å². The van der Waals surface area contributed by atoms with Gasteiger partial charge in [0.1, 0.15) is 0 Å². The lowest BCUT2D eigenvalue weighted by Crippen LogP contribution is -2.48. The molecule has 0 fully saturated rings. The summed E-state index contributed by atoms with van der Waals surface area (Å²) in [7, 11) is 0. The van der Waals surface area contributed by atoms with Crippen molar-refractivity contribution in [2.75, 3.05) is 0 Å². The summed E-state index contributed by atoms with van der Waals surface area (Å²) in [4.78, 5) is 11.9. The van der Waals surface area contributed by atoms with Crippen LogP contribution < -0.4 is 0 Å². The van der Waals surface area contributed by atoms with E-state index < -0.39 is 17.5 Å². The lowest BCUT2D eigenvalue weighted by molar-refractivity contribution is -0.149.